The fourth-order valence-corrected chi connectivity index (χ4v) is 3.05. The molecule has 102 valence electrons. The molecule has 0 saturated carbocycles. The first kappa shape index (κ1) is 15.7. The zero-order chi connectivity index (χ0) is 14.5. The molecule has 2 rings (SSSR count). The Bertz CT molecular complexity index is 670. The number of phenols is 1. The molecular formula is C14H9Br2IN2O. The second-order valence-electron chi connectivity index (χ2n) is 3.87. The van der Waals surface area contributed by atoms with E-state index in [4.69, 9.17) is 0 Å². The summed E-state index contributed by atoms with van der Waals surface area (Å²) in [6.07, 6.45) is 3.17. The molecule has 0 aliphatic heterocycles. The van der Waals surface area contributed by atoms with Crippen LogP contribution in [0.4, 0.5) is 0 Å². The molecule has 0 aliphatic rings. The Morgan fingerprint density at radius 2 is 1.65 bits per heavy atom. The normalized spacial score (nSPS) is 11.6. The molecule has 2 aromatic carbocycles. The van der Waals surface area contributed by atoms with Gasteiger partial charge >= 0.3 is 0 Å². The molecule has 0 bridgehead atoms. The zero-order valence-corrected chi connectivity index (χ0v) is 15.4. The van der Waals surface area contributed by atoms with Gasteiger partial charge in [0.05, 0.1) is 16.9 Å². The van der Waals surface area contributed by atoms with Crippen LogP contribution in [0.25, 0.3) is 0 Å². The van der Waals surface area contributed by atoms with Crippen molar-refractivity contribution in [2.24, 2.45) is 10.2 Å². The van der Waals surface area contributed by atoms with Crippen molar-refractivity contribution in [3.8, 4) is 5.75 Å². The maximum atomic E-state index is 9.86. The van der Waals surface area contributed by atoms with E-state index >= 15 is 0 Å². The van der Waals surface area contributed by atoms with E-state index in [1.807, 2.05) is 24.3 Å². The van der Waals surface area contributed by atoms with Crippen LogP contribution in [0.3, 0.4) is 0 Å². The Labute approximate surface area is 147 Å². The highest BCUT2D eigenvalue weighted by atomic mass is 127. The SMILES string of the molecule is Oc1c(Br)cc(Br)cc1/C=N\N=C/c1ccc(I)cc1. The number of hydrogen-bond acceptors (Lipinski definition) is 3. The van der Waals surface area contributed by atoms with E-state index in [9.17, 15) is 5.11 Å². The maximum absolute atomic E-state index is 9.86. The maximum Gasteiger partial charge on any atom is 0.138 e. The lowest BCUT2D eigenvalue weighted by Crippen LogP contribution is -1.84. The lowest BCUT2D eigenvalue weighted by atomic mass is 10.2. The monoisotopic (exact) mass is 506 g/mol. The smallest absolute Gasteiger partial charge is 0.138 e. The van der Waals surface area contributed by atoms with Gasteiger partial charge in [-0.2, -0.15) is 10.2 Å². The van der Waals surface area contributed by atoms with E-state index in [0.29, 0.717) is 10.0 Å². The first-order valence-corrected chi connectivity index (χ1v) is 8.23. The van der Waals surface area contributed by atoms with Crippen molar-refractivity contribution >= 4 is 66.9 Å². The van der Waals surface area contributed by atoms with Crippen LogP contribution in [-0.2, 0) is 0 Å². The van der Waals surface area contributed by atoms with Gasteiger partial charge < -0.3 is 5.11 Å². The number of halogens is 3. The number of rotatable bonds is 3. The average Bonchev–Trinajstić information content (AvgIpc) is 2.42. The Kier molecular flexibility index (Phi) is 5.74. The molecule has 0 heterocycles. The number of benzene rings is 2. The van der Waals surface area contributed by atoms with Crippen LogP contribution in [0.15, 0.2) is 55.5 Å². The zero-order valence-electron chi connectivity index (χ0n) is 10.1. The van der Waals surface area contributed by atoms with Crippen molar-refractivity contribution in [3.63, 3.8) is 0 Å². The molecule has 20 heavy (non-hydrogen) atoms. The summed E-state index contributed by atoms with van der Waals surface area (Å²) in [5.41, 5.74) is 1.56. The van der Waals surface area contributed by atoms with Crippen molar-refractivity contribution in [2.45, 2.75) is 0 Å². The van der Waals surface area contributed by atoms with Gasteiger partial charge in [-0.05, 0) is 68.3 Å². The molecule has 0 spiro atoms. The summed E-state index contributed by atoms with van der Waals surface area (Å²) >= 11 is 8.87. The molecule has 1 N–H and O–H groups in total. The largest absolute Gasteiger partial charge is 0.506 e. The summed E-state index contributed by atoms with van der Waals surface area (Å²) in [5, 5.41) is 17.8. The molecule has 0 atom stereocenters. The van der Waals surface area contributed by atoms with Crippen molar-refractivity contribution in [2.75, 3.05) is 0 Å². The molecule has 6 heteroatoms. The van der Waals surface area contributed by atoms with Crippen LogP contribution < -0.4 is 0 Å². The molecule has 0 unspecified atom stereocenters. The summed E-state index contributed by atoms with van der Waals surface area (Å²) < 4.78 is 2.63. The third-order valence-corrected chi connectivity index (χ3v) is 4.18. The lowest BCUT2D eigenvalue weighted by Gasteiger charge is -2.01. The lowest BCUT2D eigenvalue weighted by molar-refractivity contribution is 0.471. The van der Waals surface area contributed by atoms with Crippen molar-refractivity contribution in [1.82, 2.24) is 0 Å². The van der Waals surface area contributed by atoms with Crippen LogP contribution in [0.2, 0.25) is 0 Å². The van der Waals surface area contributed by atoms with Gasteiger partial charge in [-0.1, -0.05) is 28.1 Å². The third kappa shape index (κ3) is 4.39. The minimum Gasteiger partial charge on any atom is -0.506 e. The van der Waals surface area contributed by atoms with Crippen LogP contribution in [0.5, 0.6) is 5.75 Å². The van der Waals surface area contributed by atoms with Crippen molar-refractivity contribution in [1.29, 1.82) is 0 Å². The van der Waals surface area contributed by atoms with Gasteiger partial charge in [0.15, 0.2) is 0 Å². The van der Waals surface area contributed by atoms with E-state index in [1.54, 1.807) is 18.3 Å². The summed E-state index contributed by atoms with van der Waals surface area (Å²) in [4.78, 5) is 0. The molecule has 0 aromatic heterocycles. The Balaban J connectivity index is 2.12. The second kappa shape index (κ2) is 7.33. The number of phenolic OH excluding ortho intramolecular Hbond substituents is 1. The van der Waals surface area contributed by atoms with E-state index in [1.165, 1.54) is 9.78 Å². The summed E-state index contributed by atoms with van der Waals surface area (Å²) in [6.45, 7) is 0. The van der Waals surface area contributed by atoms with Crippen LogP contribution >= 0.6 is 54.5 Å². The Hall–Kier alpha value is -0.730. The average molecular weight is 508 g/mol. The van der Waals surface area contributed by atoms with Gasteiger partial charge in [0, 0.05) is 13.6 Å². The molecule has 0 saturated heterocycles. The van der Waals surface area contributed by atoms with E-state index in [0.717, 1.165) is 10.0 Å². The van der Waals surface area contributed by atoms with Gasteiger partial charge in [-0.15, -0.1) is 0 Å². The first-order chi connectivity index (χ1) is 9.56. The van der Waals surface area contributed by atoms with Crippen LogP contribution in [0, 0.1) is 3.57 Å². The predicted molar refractivity (Wildman–Crippen MR) is 97.9 cm³/mol. The number of nitrogens with zero attached hydrogens (tertiary/aromatic N) is 2. The molecule has 3 nitrogen and oxygen atoms in total. The van der Waals surface area contributed by atoms with E-state index < -0.39 is 0 Å². The number of aromatic hydroxyl groups is 1. The molecule has 0 aliphatic carbocycles. The topological polar surface area (TPSA) is 45.0 Å². The fourth-order valence-electron chi connectivity index (χ4n) is 1.43. The van der Waals surface area contributed by atoms with Gasteiger partial charge in [0.2, 0.25) is 0 Å². The highest BCUT2D eigenvalue weighted by Crippen LogP contribution is 2.30. The first-order valence-electron chi connectivity index (χ1n) is 5.56. The summed E-state index contributed by atoms with van der Waals surface area (Å²) in [5.74, 6) is 0.140. The third-order valence-electron chi connectivity index (χ3n) is 2.40. The van der Waals surface area contributed by atoms with Gasteiger partial charge in [0.1, 0.15) is 5.75 Å². The molecule has 0 fully saturated rings. The second-order valence-corrected chi connectivity index (χ2v) is 6.88. The summed E-state index contributed by atoms with van der Waals surface area (Å²) in [6, 6.07) is 11.5. The fraction of sp³-hybridized carbons (Fsp3) is 0. The van der Waals surface area contributed by atoms with Crippen molar-refractivity contribution in [3.05, 3.63) is 60.0 Å². The standard InChI is InChI=1S/C14H9Br2IN2O/c15-11-5-10(14(20)13(16)6-11)8-19-18-7-9-1-3-12(17)4-2-9/h1-8,20H/b18-7-,19-8-. The van der Waals surface area contributed by atoms with Gasteiger partial charge in [-0.25, -0.2) is 0 Å². The molecule has 0 radical (unpaired) electrons. The summed E-state index contributed by atoms with van der Waals surface area (Å²) in [7, 11) is 0. The highest BCUT2D eigenvalue weighted by molar-refractivity contribution is 14.1. The van der Waals surface area contributed by atoms with E-state index in [-0.39, 0.29) is 5.75 Å². The molecule has 2 aromatic rings. The van der Waals surface area contributed by atoms with Crippen LogP contribution in [0.1, 0.15) is 11.1 Å². The van der Waals surface area contributed by atoms with E-state index in [2.05, 4.69) is 64.7 Å². The van der Waals surface area contributed by atoms with Gasteiger partial charge in [0.25, 0.3) is 0 Å². The molecule has 0 amide bonds. The minimum absolute atomic E-state index is 0.140. The van der Waals surface area contributed by atoms with Crippen molar-refractivity contribution < 1.29 is 5.11 Å². The molecular weight excluding hydrogens is 499 g/mol. The quantitative estimate of drug-likeness (QED) is 0.356. The number of hydrogen-bond donors (Lipinski definition) is 1. The Morgan fingerprint density at radius 1 is 1.00 bits per heavy atom. The minimum atomic E-state index is 0.140. The highest BCUT2D eigenvalue weighted by Gasteiger charge is 2.04. The Morgan fingerprint density at radius 3 is 2.35 bits per heavy atom. The predicted octanol–water partition coefficient (Wildman–Crippen LogP) is 4.97. The van der Waals surface area contributed by atoms with Gasteiger partial charge in [-0.3, -0.25) is 0 Å². The van der Waals surface area contributed by atoms with Crippen LogP contribution in [-0.4, -0.2) is 17.5 Å².